The molecule has 0 aliphatic carbocycles. The topological polar surface area (TPSA) is 80.3 Å². The summed E-state index contributed by atoms with van der Waals surface area (Å²) in [6.45, 7) is 6.94. The number of carboxylic acids is 2. The predicted molar refractivity (Wildman–Crippen MR) is 75.6 cm³/mol. The van der Waals surface area contributed by atoms with Crippen molar-refractivity contribution in [3.8, 4) is 0 Å². The molecule has 0 spiro atoms. The fourth-order valence-electron chi connectivity index (χ4n) is 2.45. The molecule has 0 atom stereocenters. The van der Waals surface area contributed by atoms with Gasteiger partial charge in [-0.25, -0.2) is 0 Å². The second-order valence-electron chi connectivity index (χ2n) is 6.25. The van der Waals surface area contributed by atoms with Crippen molar-refractivity contribution in [3.05, 3.63) is 0 Å². The van der Waals surface area contributed by atoms with Crippen LogP contribution in [0.5, 0.6) is 0 Å². The second-order valence-corrected chi connectivity index (χ2v) is 6.25. The summed E-state index contributed by atoms with van der Waals surface area (Å²) in [5.41, 5.74) is -2.83. The second kappa shape index (κ2) is 9.61. The van der Waals surface area contributed by atoms with Gasteiger partial charge >= 0.3 is 23.1 Å². The van der Waals surface area contributed by atoms with Crippen LogP contribution in [0, 0.1) is 10.8 Å². The normalized spacial score (nSPS) is 11.8. The molecule has 0 aromatic heterocycles. The van der Waals surface area contributed by atoms with Gasteiger partial charge in [0.2, 0.25) is 0 Å². The van der Waals surface area contributed by atoms with E-state index in [-0.39, 0.29) is 29.5 Å². The fourth-order valence-corrected chi connectivity index (χ4v) is 2.45. The van der Waals surface area contributed by atoms with E-state index in [1.165, 1.54) is 0 Å². The van der Waals surface area contributed by atoms with Gasteiger partial charge in [0.1, 0.15) is 0 Å². The van der Waals surface area contributed by atoms with Gasteiger partial charge in [0.05, 0.1) is 17.4 Å². The summed E-state index contributed by atoms with van der Waals surface area (Å²) in [7, 11) is 0. The SMILES string of the molecule is CCCCCCCCC(C(=O)[O-])(C(=O)[O-])C(C)(C)C.[Mg+2]. The number of hydrogen-bond donors (Lipinski definition) is 0. The van der Waals surface area contributed by atoms with Crippen LogP contribution in [0.15, 0.2) is 0 Å². The molecule has 0 N–H and O–H groups in total. The summed E-state index contributed by atoms with van der Waals surface area (Å²) in [5, 5.41) is 22.7. The van der Waals surface area contributed by atoms with Crippen LogP contribution in [-0.4, -0.2) is 35.0 Å². The molecule has 0 amide bonds. The van der Waals surface area contributed by atoms with E-state index in [0.717, 1.165) is 32.1 Å². The first-order valence-electron chi connectivity index (χ1n) is 7.13. The van der Waals surface area contributed by atoms with E-state index in [4.69, 9.17) is 0 Å². The Balaban J connectivity index is 0. The van der Waals surface area contributed by atoms with Crippen molar-refractivity contribution >= 4 is 35.0 Å². The molecular formula is C15H26MgO4. The third-order valence-electron chi connectivity index (χ3n) is 3.88. The van der Waals surface area contributed by atoms with Crippen LogP contribution >= 0.6 is 0 Å². The summed E-state index contributed by atoms with van der Waals surface area (Å²) in [6.07, 6.45) is 5.91. The van der Waals surface area contributed by atoms with Crippen molar-refractivity contribution in [2.24, 2.45) is 10.8 Å². The van der Waals surface area contributed by atoms with E-state index in [2.05, 4.69) is 6.92 Å². The number of carboxylic acid groups (broad SMARTS) is 2. The van der Waals surface area contributed by atoms with Gasteiger partial charge in [-0.1, -0.05) is 66.2 Å². The number of unbranched alkanes of at least 4 members (excludes halogenated alkanes) is 5. The van der Waals surface area contributed by atoms with E-state index >= 15 is 0 Å². The summed E-state index contributed by atoms with van der Waals surface area (Å²) in [5.74, 6) is -3.07. The first kappa shape index (κ1) is 22.0. The molecule has 112 valence electrons. The Hall–Kier alpha value is -0.294. The average Bonchev–Trinajstić information content (AvgIpc) is 2.25. The molecule has 0 aromatic rings. The minimum Gasteiger partial charge on any atom is -0.549 e. The first-order chi connectivity index (χ1) is 8.70. The summed E-state index contributed by atoms with van der Waals surface area (Å²) < 4.78 is 0. The van der Waals surface area contributed by atoms with Crippen molar-refractivity contribution in [2.75, 3.05) is 0 Å². The van der Waals surface area contributed by atoms with E-state index in [0.29, 0.717) is 6.42 Å². The van der Waals surface area contributed by atoms with Gasteiger partial charge in [-0.2, -0.15) is 0 Å². The zero-order valence-electron chi connectivity index (χ0n) is 13.3. The largest absolute Gasteiger partial charge is 2.00 e. The third-order valence-corrected chi connectivity index (χ3v) is 3.88. The molecule has 0 saturated carbocycles. The maximum atomic E-state index is 11.3. The molecule has 4 nitrogen and oxygen atoms in total. The van der Waals surface area contributed by atoms with Crippen molar-refractivity contribution in [1.29, 1.82) is 0 Å². The summed E-state index contributed by atoms with van der Waals surface area (Å²) in [6, 6.07) is 0. The molecule has 0 rings (SSSR count). The molecular weight excluding hydrogens is 268 g/mol. The molecule has 0 aliphatic heterocycles. The molecule has 0 saturated heterocycles. The summed E-state index contributed by atoms with van der Waals surface area (Å²) in [4.78, 5) is 22.7. The van der Waals surface area contributed by atoms with Gasteiger partial charge in [-0.05, 0) is 11.8 Å². The molecule has 0 radical (unpaired) electrons. The molecule has 5 heteroatoms. The van der Waals surface area contributed by atoms with Crippen LogP contribution < -0.4 is 10.2 Å². The van der Waals surface area contributed by atoms with Crippen molar-refractivity contribution in [2.45, 2.75) is 72.6 Å². The third kappa shape index (κ3) is 5.60. The van der Waals surface area contributed by atoms with Gasteiger partial charge in [-0.15, -0.1) is 0 Å². The van der Waals surface area contributed by atoms with Crippen LogP contribution in [0.1, 0.15) is 72.6 Å². The monoisotopic (exact) mass is 294 g/mol. The van der Waals surface area contributed by atoms with Crippen LogP contribution in [-0.2, 0) is 9.59 Å². The first-order valence-corrected chi connectivity index (χ1v) is 7.13. The van der Waals surface area contributed by atoms with Gasteiger partial charge in [0.25, 0.3) is 0 Å². The Bertz CT molecular complexity index is 293. The molecule has 0 fully saturated rings. The predicted octanol–water partition coefficient (Wildman–Crippen LogP) is 0.888. The number of carbonyl (C=O) groups excluding carboxylic acids is 2. The van der Waals surface area contributed by atoms with Gasteiger partial charge in [0.15, 0.2) is 0 Å². The molecule has 0 aliphatic rings. The van der Waals surface area contributed by atoms with E-state index in [9.17, 15) is 19.8 Å². The van der Waals surface area contributed by atoms with E-state index in [1.807, 2.05) is 0 Å². The fraction of sp³-hybridized carbons (Fsp3) is 0.867. The Morgan fingerprint density at radius 2 is 1.25 bits per heavy atom. The number of rotatable bonds is 9. The molecule has 20 heavy (non-hydrogen) atoms. The Morgan fingerprint density at radius 3 is 1.60 bits per heavy atom. The number of carbonyl (C=O) groups is 2. The average molecular weight is 295 g/mol. The minimum atomic E-state index is -1.91. The quantitative estimate of drug-likeness (QED) is 0.359. The van der Waals surface area contributed by atoms with Gasteiger partial charge < -0.3 is 19.8 Å². The Labute approximate surface area is 138 Å². The van der Waals surface area contributed by atoms with Crippen LogP contribution in [0.4, 0.5) is 0 Å². The maximum Gasteiger partial charge on any atom is 2.00 e. The van der Waals surface area contributed by atoms with Gasteiger partial charge in [0, 0.05) is 0 Å². The van der Waals surface area contributed by atoms with Crippen molar-refractivity contribution in [3.63, 3.8) is 0 Å². The molecule has 0 aromatic carbocycles. The zero-order valence-corrected chi connectivity index (χ0v) is 14.7. The standard InChI is InChI=1S/C15H28O4.Mg/c1-5-6-7-8-9-10-11-15(12(16)17,13(18)19)14(2,3)4;/h5-11H2,1-4H3,(H,16,17)(H,18,19);/q;+2/p-2. The maximum absolute atomic E-state index is 11.3. The van der Waals surface area contributed by atoms with E-state index in [1.54, 1.807) is 20.8 Å². The molecule has 0 heterocycles. The van der Waals surface area contributed by atoms with Crippen LogP contribution in [0.25, 0.3) is 0 Å². The number of aliphatic carboxylic acids is 2. The number of hydrogen-bond acceptors (Lipinski definition) is 4. The van der Waals surface area contributed by atoms with Crippen molar-refractivity contribution in [1.82, 2.24) is 0 Å². The Kier molecular flexibility index (Phi) is 10.6. The van der Waals surface area contributed by atoms with Crippen molar-refractivity contribution < 1.29 is 19.8 Å². The smallest absolute Gasteiger partial charge is 0.549 e. The van der Waals surface area contributed by atoms with Crippen LogP contribution in [0.3, 0.4) is 0 Å². The van der Waals surface area contributed by atoms with Crippen LogP contribution in [0.2, 0.25) is 0 Å². The minimum absolute atomic E-state index is 0. The summed E-state index contributed by atoms with van der Waals surface area (Å²) >= 11 is 0. The zero-order chi connectivity index (χ0) is 15.1. The molecule has 0 bridgehead atoms. The van der Waals surface area contributed by atoms with Gasteiger partial charge in [-0.3, -0.25) is 0 Å². The van der Waals surface area contributed by atoms with E-state index < -0.39 is 22.8 Å². The Morgan fingerprint density at radius 1 is 0.850 bits per heavy atom. The molecule has 0 unspecified atom stereocenters.